The molecule has 0 saturated heterocycles. The molecular weight excluding hydrogens is 324 g/mol. The van der Waals surface area contributed by atoms with E-state index in [1.165, 1.54) is 16.7 Å². The number of hydrogen-bond acceptors (Lipinski definition) is 1. The first-order valence-electron chi connectivity index (χ1n) is 7.17. The van der Waals surface area contributed by atoms with Gasteiger partial charge < -0.3 is 4.74 Å². The Hall–Kier alpha value is -1.80. The lowest BCUT2D eigenvalue weighted by Gasteiger charge is -2.18. The van der Waals surface area contributed by atoms with Crippen LogP contribution in [0.2, 0.25) is 0 Å². The van der Waals surface area contributed by atoms with Crippen LogP contribution in [0.15, 0.2) is 64.7 Å². The summed E-state index contributed by atoms with van der Waals surface area (Å²) in [4.78, 5) is 0. The Morgan fingerprint density at radius 2 is 1.86 bits per heavy atom. The predicted molar refractivity (Wildman–Crippen MR) is 92.3 cm³/mol. The third-order valence-electron chi connectivity index (χ3n) is 3.67. The summed E-state index contributed by atoms with van der Waals surface area (Å²) in [6.07, 6.45) is 5.40. The number of allylic oxidation sites excluding steroid dienone is 2. The van der Waals surface area contributed by atoms with E-state index in [4.69, 9.17) is 4.74 Å². The summed E-state index contributed by atoms with van der Waals surface area (Å²) >= 11 is 3.58. The summed E-state index contributed by atoms with van der Waals surface area (Å²) in [5.74, 6) is 0.914. The van der Waals surface area contributed by atoms with Crippen LogP contribution in [0.25, 0.3) is 11.6 Å². The third kappa shape index (κ3) is 2.96. The summed E-state index contributed by atoms with van der Waals surface area (Å²) in [7, 11) is 0. The number of para-hydroxylation sites is 1. The van der Waals surface area contributed by atoms with Crippen LogP contribution in [0, 0.1) is 0 Å². The number of rotatable bonds is 2. The van der Waals surface area contributed by atoms with Crippen molar-refractivity contribution in [1.82, 2.24) is 0 Å². The van der Waals surface area contributed by atoms with Crippen molar-refractivity contribution in [3.63, 3.8) is 0 Å². The Bertz CT molecular complexity index is 699. The summed E-state index contributed by atoms with van der Waals surface area (Å²) in [6, 6.07) is 16.7. The highest BCUT2D eigenvalue weighted by Crippen LogP contribution is 2.36. The van der Waals surface area contributed by atoms with Crippen LogP contribution in [0.4, 0.5) is 0 Å². The van der Waals surface area contributed by atoms with Gasteiger partial charge in [0.05, 0.1) is 4.47 Å². The topological polar surface area (TPSA) is 9.23 Å². The van der Waals surface area contributed by atoms with Crippen molar-refractivity contribution >= 4 is 27.6 Å². The Kier molecular flexibility index (Phi) is 4.26. The van der Waals surface area contributed by atoms with E-state index in [0.717, 1.165) is 22.2 Å². The average molecular weight is 341 g/mol. The molecule has 0 unspecified atom stereocenters. The molecule has 2 heteroatoms. The van der Waals surface area contributed by atoms with Crippen LogP contribution < -0.4 is 4.74 Å². The van der Waals surface area contributed by atoms with Crippen LogP contribution in [-0.4, -0.2) is 6.61 Å². The summed E-state index contributed by atoms with van der Waals surface area (Å²) < 4.78 is 6.90. The van der Waals surface area contributed by atoms with Crippen molar-refractivity contribution in [3.05, 3.63) is 75.8 Å². The van der Waals surface area contributed by atoms with Gasteiger partial charge in [-0.05, 0) is 57.3 Å². The van der Waals surface area contributed by atoms with Gasteiger partial charge in [0, 0.05) is 5.56 Å². The SMILES string of the molecule is CCC1=C/COc2c(Br)cccc2/C=C\1c1ccccc1. The highest BCUT2D eigenvalue weighted by atomic mass is 79.9. The number of fused-ring (bicyclic) bond motifs is 1. The Balaban J connectivity index is 2.19. The monoisotopic (exact) mass is 340 g/mol. The standard InChI is InChI=1S/C19H17BrO/c1-2-14-11-12-21-19-16(9-6-10-18(19)20)13-17(14)15-7-4-3-5-8-15/h3-11,13H,2,12H2,1H3/b14-11-,17-13+. The number of ether oxygens (including phenoxy) is 1. The first kappa shape index (κ1) is 14.2. The minimum atomic E-state index is 0.600. The zero-order chi connectivity index (χ0) is 14.7. The largest absolute Gasteiger partial charge is 0.488 e. The lowest BCUT2D eigenvalue weighted by atomic mass is 9.93. The number of benzene rings is 2. The van der Waals surface area contributed by atoms with Crippen molar-refractivity contribution in [2.24, 2.45) is 0 Å². The first-order chi connectivity index (χ1) is 10.3. The van der Waals surface area contributed by atoms with E-state index < -0.39 is 0 Å². The maximum absolute atomic E-state index is 5.91. The Morgan fingerprint density at radius 1 is 1.05 bits per heavy atom. The minimum absolute atomic E-state index is 0.600. The van der Waals surface area contributed by atoms with Crippen molar-refractivity contribution in [2.75, 3.05) is 6.61 Å². The van der Waals surface area contributed by atoms with E-state index in [0.29, 0.717) is 6.61 Å². The molecule has 0 amide bonds. The molecule has 1 aliphatic rings. The van der Waals surface area contributed by atoms with Gasteiger partial charge in [-0.2, -0.15) is 0 Å². The predicted octanol–water partition coefficient (Wildman–Crippen LogP) is 5.72. The highest BCUT2D eigenvalue weighted by Gasteiger charge is 2.13. The van der Waals surface area contributed by atoms with E-state index in [-0.39, 0.29) is 0 Å². The zero-order valence-corrected chi connectivity index (χ0v) is 13.6. The smallest absolute Gasteiger partial charge is 0.141 e. The van der Waals surface area contributed by atoms with Gasteiger partial charge in [-0.1, -0.05) is 49.4 Å². The van der Waals surface area contributed by atoms with Crippen LogP contribution in [-0.2, 0) is 0 Å². The fraction of sp³-hybridized carbons (Fsp3) is 0.158. The lowest BCUT2D eigenvalue weighted by Crippen LogP contribution is -2.02. The molecule has 1 aliphatic heterocycles. The number of hydrogen-bond donors (Lipinski definition) is 0. The van der Waals surface area contributed by atoms with Crippen LogP contribution in [0.3, 0.4) is 0 Å². The molecule has 0 atom stereocenters. The third-order valence-corrected chi connectivity index (χ3v) is 4.29. The molecule has 0 radical (unpaired) electrons. The molecule has 3 rings (SSSR count). The van der Waals surface area contributed by atoms with E-state index in [1.807, 2.05) is 12.1 Å². The second kappa shape index (κ2) is 6.31. The summed E-state index contributed by atoms with van der Waals surface area (Å²) in [5.41, 5.74) is 4.97. The van der Waals surface area contributed by atoms with Gasteiger partial charge in [-0.3, -0.25) is 0 Å². The fourth-order valence-electron chi connectivity index (χ4n) is 2.60. The normalized spacial score (nSPS) is 19.1. The van der Waals surface area contributed by atoms with E-state index in [9.17, 15) is 0 Å². The molecule has 21 heavy (non-hydrogen) atoms. The quantitative estimate of drug-likeness (QED) is 0.679. The average Bonchev–Trinajstić information content (AvgIpc) is 2.50. The molecule has 0 aromatic heterocycles. The molecule has 0 bridgehead atoms. The van der Waals surface area contributed by atoms with Crippen molar-refractivity contribution in [1.29, 1.82) is 0 Å². The maximum atomic E-state index is 5.91. The second-order valence-corrected chi connectivity index (χ2v) is 5.83. The van der Waals surface area contributed by atoms with E-state index in [1.54, 1.807) is 0 Å². The van der Waals surface area contributed by atoms with Gasteiger partial charge in [-0.25, -0.2) is 0 Å². The molecular formula is C19H17BrO. The lowest BCUT2D eigenvalue weighted by molar-refractivity contribution is 0.358. The van der Waals surface area contributed by atoms with Crippen molar-refractivity contribution in [3.8, 4) is 5.75 Å². The zero-order valence-electron chi connectivity index (χ0n) is 12.0. The van der Waals surface area contributed by atoms with Gasteiger partial charge in [0.25, 0.3) is 0 Å². The van der Waals surface area contributed by atoms with Gasteiger partial charge in [0.2, 0.25) is 0 Å². The van der Waals surface area contributed by atoms with Gasteiger partial charge in [0.15, 0.2) is 0 Å². The second-order valence-electron chi connectivity index (χ2n) is 4.98. The molecule has 0 spiro atoms. The molecule has 106 valence electrons. The first-order valence-corrected chi connectivity index (χ1v) is 7.96. The van der Waals surface area contributed by atoms with Crippen LogP contribution in [0.1, 0.15) is 24.5 Å². The van der Waals surface area contributed by atoms with Gasteiger partial charge in [0.1, 0.15) is 12.4 Å². The molecule has 0 N–H and O–H groups in total. The van der Waals surface area contributed by atoms with Crippen molar-refractivity contribution in [2.45, 2.75) is 13.3 Å². The van der Waals surface area contributed by atoms with E-state index in [2.05, 4.69) is 71.4 Å². The number of halogens is 1. The van der Waals surface area contributed by atoms with E-state index >= 15 is 0 Å². The highest BCUT2D eigenvalue weighted by molar-refractivity contribution is 9.10. The maximum Gasteiger partial charge on any atom is 0.141 e. The molecule has 1 heterocycles. The molecule has 2 aromatic carbocycles. The van der Waals surface area contributed by atoms with Crippen LogP contribution >= 0.6 is 15.9 Å². The molecule has 0 fully saturated rings. The summed E-state index contributed by atoms with van der Waals surface area (Å²) in [6.45, 7) is 2.79. The Morgan fingerprint density at radius 3 is 2.62 bits per heavy atom. The van der Waals surface area contributed by atoms with Gasteiger partial charge in [-0.15, -0.1) is 0 Å². The molecule has 0 saturated carbocycles. The molecule has 0 aliphatic carbocycles. The summed E-state index contributed by atoms with van der Waals surface area (Å²) in [5, 5.41) is 0. The Labute approximate surface area is 134 Å². The minimum Gasteiger partial charge on any atom is -0.488 e. The van der Waals surface area contributed by atoms with Crippen LogP contribution in [0.5, 0.6) is 5.75 Å². The molecule has 2 aromatic rings. The van der Waals surface area contributed by atoms with Gasteiger partial charge >= 0.3 is 0 Å². The molecule has 1 nitrogen and oxygen atoms in total. The van der Waals surface area contributed by atoms with Crippen molar-refractivity contribution < 1.29 is 4.74 Å². The fourth-order valence-corrected chi connectivity index (χ4v) is 3.09.